The van der Waals surface area contributed by atoms with Crippen LogP contribution in [0.1, 0.15) is 25.8 Å². The minimum absolute atomic E-state index is 0.568. The van der Waals surface area contributed by atoms with Gasteiger partial charge in [0.2, 0.25) is 0 Å². The van der Waals surface area contributed by atoms with Crippen molar-refractivity contribution in [1.82, 2.24) is 5.32 Å². The second kappa shape index (κ2) is 7.99. The largest absolute Gasteiger partial charge is 0.310 e. The molecule has 0 aliphatic heterocycles. The molecular formula is C13H20ClNS. The highest BCUT2D eigenvalue weighted by molar-refractivity contribution is 7.99. The Morgan fingerprint density at radius 2 is 2.25 bits per heavy atom. The molecule has 0 saturated carbocycles. The van der Waals surface area contributed by atoms with Gasteiger partial charge in [0.15, 0.2) is 0 Å². The molecule has 1 rings (SSSR count). The minimum Gasteiger partial charge on any atom is -0.310 e. The van der Waals surface area contributed by atoms with E-state index in [1.54, 1.807) is 0 Å². The second-order valence-electron chi connectivity index (χ2n) is 3.90. The van der Waals surface area contributed by atoms with Gasteiger partial charge in [-0.25, -0.2) is 0 Å². The molecule has 0 bridgehead atoms. The van der Waals surface area contributed by atoms with Crippen LogP contribution < -0.4 is 5.32 Å². The lowest BCUT2D eigenvalue weighted by Crippen LogP contribution is -2.25. The summed E-state index contributed by atoms with van der Waals surface area (Å²) in [6.07, 6.45) is 1.22. The van der Waals surface area contributed by atoms with Crippen LogP contribution in [0.5, 0.6) is 0 Å². The average Bonchev–Trinajstić information content (AvgIpc) is 2.27. The molecule has 0 saturated heterocycles. The lowest BCUT2D eigenvalue weighted by molar-refractivity contribution is 0.537. The number of halogens is 1. The van der Waals surface area contributed by atoms with Crippen LogP contribution in [0.15, 0.2) is 24.3 Å². The van der Waals surface area contributed by atoms with Crippen molar-refractivity contribution in [2.24, 2.45) is 0 Å². The fraction of sp³-hybridized carbons (Fsp3) is 0.538. The van der Waals surface area contributed by atoms with Crippen molar-refractivity contribution in [3.63, 3.8) is 0 Å². The topological polar surface area (TPSA) is 12.0 Å². The fourth-order valence-electron chi connectivity index (χ4n) is 1.45. The molecule has 0 aliphatic rings. The monoisotopic (exact) mass is 257 g/mol. The summed E-state index contributed by atoms with van der Waals surface area (Å²) in [4.78, 5) is 0. The molecule has 0 aromatic heterocycles. The Bertz CT molecular complexity index is 304. The smallest absolute Gasteiger partial charge is 0.0409 e. The zero-order valence-corrected chi connectivity index (χ0v) is 11.6. The fourth-order valence-corrected chi connectivity index (χ4v) is 2.47. The lowest BCUT2D eigenvalue weighted by atomic mass is 10.2. The highest BCUT2D eigenvalue weighted by atomic mass is 35.5. The molecular weight excluding hydrogens is 238 g/mol. The van der Waals surface area contributed by atoms with E-state index in [1.807, 2.05) is 30.0 Å². The second-order valence-corrected chi connectivity index (χ2v) is 5.73. The average molecular weight is 258 g/mol. The standard InChI is InChI=1S/C13H20ClNS/c1-3-16-8-7-11(2)15-10-12-5-4-6-13(14)9-12/h4-6,9,11,15H,3,7-8,10H2,1-2H3. The molecule has 1 unspecified atom stereocenters. The first-order valence-electron chi connectivity index (χ1n) is 5.78. The summed E-state index contributed by atoms with van der Waals surface area (Å²) in [6, 6.07) is 8.59. The first-order chi connectivity index (χ1) is 7.72. The third kappa shape index (κ3) is 5.78. The normalized spacial score (nSPS) is 12.7. The molecule has 1 aromatic rings. The van der Waals surface area contributed by atoms with Crippen LogP contribution in [0.25, 0.3) is 0 Å². The summed E-state index contributed by atoms with van der Waals surface area (Å²) in [5.41, 5.74) is 1.25. The van der Waals surface area contributed by atoms with Gasteiger partial charge < -0.3 is 5.32 Å². The predicted molar refractivity (Wildman–Crippen MR) is 75.4 cm³/mol. The van der Waals surface area contributed by atoms with E-state index < -0.39 is 0 Å². The number of thioether (sulfide) groups is 1. The molecule has 3 heteroatoms. The van der Waals surface area contributed by atoms with Crippen LogP contribution in [0.2, 0.25) is 5.02 Å². The Labute approximate surface area is 108 Å². The summed E-state index contributed by atoms with van der Waals surface area (Å²) in [5, 5.41) is 4.33. The summed E-state index contributed by atoms with van der Waals surface area (Å²) in [6.45, 7) is 5.34. The zero-order chi connectivity index (χ0) is 11.8. The molecule has 1 aromatic carbocycles. The van der Waals surface area contributed by atoms with Gasteiger partial charge in [-0.2, -0.15) is 11.8 Å². The summed E-state index contributed by atoms with van der Waals surface area (Å²) < 4.78 is 0. The Morgan fingerprint density at radius 3 is 2.94 bits per heavy atom. The first-order valence-corrected chi connectivity index (χ1v) is 7.31. The highest BCUT2D eigenvalue weighted by Crippen LogP contribution is 2.11. The van der Waals surface area contributed by atoms with E-state index in [4.69, 9.17) is 11.6 Å². The molecule has 0 heterocycles. The van der Waals surface area contributed by atoms with Crippen LogP contribution in [-0.4, -0.2) is 17.5 Å². The Hall–Kier alpha value is -0.180. The van der Waals surface area contributed by atoms with Crippen molar-refractivity contribution >= 4 is 23.4 Å². The molecule has 0 radical (unpaired) electrons. The van der Waals surface area contributed by atoms with E-state index in [2.05, 4.69) is 25.2 Å². The number of hydrogen-bond acceptors (Lipinski definition) is 2. The van der Waals surface area contributed by atoms with Gasteiger partial charge in [-0.3, -0.25) is 0 Å². The van der Waals surface area contributed by atoms with Gasteiger partial charge in [-0.1, -0.05) is 30.7 Å². The van der Waals surface area contributed by atoms with Gasteiger partial charge >= 0.3 is 0 Å². The third-order valence-electron chi connectivity index (χ3n) is 2.44. The SMILES string of the molecule is CCSCCC(C)NCc1cccc(Cl)c1. The van der Waals surface area contributed by atoms with E-state index >= 15 is 0 Å². The van der Waals surface area contributed by atoms with Gasteiger partial charge in [-0.05, 0) is 42.5 Å². The van der Waals surface area contributed by atoms with Gasteiger partial charge in [0.25, 0.3) is 0 Å². The molecule has 0 fully saturated rings. The summed E-state index contributed by atoms with van der Waals surface area (Å²) in [7, 11) is 0. The number of nitrogens with one attached hydrogen (secondary N) is 1. The van der Waals surface area contributed by atoms with E-state index in [0.717, 1.165) is 11.6 Å². The van der Waals surface area contributed by atoms with E-state index in [0.29, 0.717) is 6.04 Å². The molecule has 0 spiro atoms. The van der Waals surface area contributed by atoms with Crippen molar-refractivity contribution in [2.75, 3.05) is 11.5 Å². The minimum atomic E-state index is 0.568. The Balaban J connectivity index is 2.23. The quantitative estimate of drug-likeness (QED) is 0.742. The van der Waals surface area contributed by atoms with Crippen molar-refractivity contribution in [3.05, 3.63) is 34.9 Å². The van der Waals surface area contributed by atoms with Crippen molar-refractivity contribution < 1.29 is 0 Å². The number of benzene rings is 1. The molecule has 0 amide bonds. The molecule has 16 heavy (non-hydrogen) atoms. The van der Waals surface area contributed by atoms with Crippen molar-refractivity contribution in [1.29, 1.82) is 0 Å². The molecule has 90 valence electrons. The van der Waals surface area contributed by atoms with Crippen molar-refractivity contribution in [2.45, 2.75) is 32.9 Å². The van der Waals surface area contributed by atoms with Crippen LogP contribution in [0, 0.1) is 0 Å². The van der Waals surface area contributed by atoms with Gasteiger partial charge in [0, 0.05) is 17.6 Å². The van der Waals surface area contributed by atoms with E-state index in [1.165, 1.54) is 23.5 Å². The molecule has 0 aliphatic carbocycles. The van der Waals surface area contributed by atoms with Crippen LogP contribution in [0.3, 0.4) is 0 Å². The van der Waals surface area contributed by atoms with Gasteiger partial charge in [0.05, 0.1) is 0 Å². The number of rotatable bonds is 7. The van der Waals surface area contributed by atoms with E-state index in [9.17, 15) is 0 Å². The van der Waals surface area contributed by atoms with Gasteiger partial charge in [-0.15, -0.1) is 0 Å². The van der Waals surface area contributed by atoms with Crippen LogP contribution in [-0.2, 0) is 6.54 Å². The van der Waals surface area contributed by atoms with E-state index in [-0.39, 0.29) is 0 Å². The lowest BCUT2D eigenvalue weighted by Gasteiger charge is -2.13. The maximum atomic E-state index is 5.93. The third-order valence-corrected chi connectivity index (χ3v) is 3.61. The Kier molecular flexibility index (Phi) is 6.93. The Morgan fingerprint density at radius 1 is 1.44 bits per heavy atom. The van der Waals surface area contributed by atoms with Crippen LogP contribution in [0.4, 0.5) is 0 Å². The molecule has 1 atom stereocenters. The van der Waals surface area contributed by atoms with Crippen molar-refractivity contribution in [3.8, 4) is 0 Å². The predicted octanol–water partition coefficient (Wildman–Crippen LogP) is 3.96. The maximum absolute atomic E-state index is 5.93. The number of hydrogen-bond donors (Lipinski definition) is 1. The zero-order valence-electron chi connectivity index (χ0n) is 10.0. The highest BCUT2D eigenvalue weighted by Gasteiger charge is 2.01. The van der Waals surface area contributed by atoms with Crippen LogP contribution >= 0.6 is 23.4 Å². The molecule has 1 N–H and O–H groups in total. The first kappa shape index (κ1) is 13.9. The molecule has 1 nitrogen and oxygen atoms in total. The summed E-state index contributed by atoms with van der Waals surface area (Å²) >= 11 is 7.93. The summed E-state index contributed by atoms with van der Waals surface area (Å²) in [5.74, 6) is 2.45. The van der Waals surface area contributed by atoms with Gasteiger partial charge in [0.1, 0.15) is 0 Å². The maximum Gasteiger partial charge on any atom is 0.0409 e.